The molecule has 0 bridgehead atoms. The average Bonchev–Trinajstić information content (AvgIpc) is 2.54. The van der Waals surface area contributed by atoms with Gasteiger partial charge in [-0.3, -0.25) is 0 Å². The standard InChI is InChI=1S/C16H22N4S/c1-19(2)13-6-8-20(9-7-13)14-4-5-15-12(10-14)11-17-16(18-15)21-3/h4-5,10-11,13H,6-9H2,1-3H3. The monoisotopic (exact) mass is 302 g/mol. The molecule has 112 valence electrons. The lowest BCUT2D eigenvalue weighted by molar-refractivity contribution is 0.249. The normalized spacial score (nSPS) is 16.9. The van der Waals surface area contributed by atoms with E-state index in [-0.39, 0.29) is 0 Å². The molecule has 2 aromatic rings. The van der Waals surface area contributed by atoms with Gasteiger partial charge in [-0.25, -0.2) is 9.97 Å². The van der Waals surface area contributed by atoms with Crippen molar-refractivity contribution in [3.8, 4) is 0 Å². The fourth-order valence-corrected chi connectivity index (χ4v) is 3.29. The van der Waals surface area contributed by atoms with E-state index in [4.69, 9.17) is 0 Å². The van der Waals surface area contributed by atoms with Crippen molar-refractivity contribution in [2.75, 3.05) is 38.3 Å². The molecule has 1 saturated heterocycles. The van der Waals surface area contributed by atoms with Crippen molar-refractivity contribution in [3.63, 3.8) is 0 Å². The molecule has 0 spiro atoms. The molecule has 1 aliphatic heterocycles. The van der Waals surface area contributed by atoms with Crippen LogP contribution in [0.4, 0.5) is 5.69 Å². The Morgan fingerprint density at radius 2 is 2.00 bits per heavy atom. The first-order valence-electron chi connectivity index (χ1n) is 7.39. The van der Waals surface area contributed by atoms with Gasteiger partial charge in [-0.15, -0.1) is 0 Å². The Labute approximate surface area is 130 Å². The maximum absolute atomic E-state index is 4.54. The second-order valence-electron chi connectivity index (χ2n) is 5.78. The minimum Gasteiger partial charge on any atom is -0.371 e. The van der Waals surface area contributed by atoms with E-state index in [1.165, 1.54) is 18.5 Å². The van der Waals surface area contributed by atoms with Gasteiger partial charge < -0.3 is 9.80 Å². The maximum atomic E-state index is 4.54. The Morgan fingerprint density at radius 3 is 2.67 bits per heavy atom. The van der Waals surface area contributed by atoms with Gasteiger partial charge in [0, 0.05) is 36.4 Å². The lowest BCUT2D eigenvalue weighted by atomic mass is 10.0. The molecule has 1 aromatic heterocycles. The quantitative estimate of drug-likeness (QED) is 0.643. The molecule has 5 heteroatoms. The van der Waals surface area contributed by atoms with Crippen LogP contribution >= 0.6 is 11.8 Å². The van der Waals surface area contributed by atoms with E-state index in [9.17, 15) is 0 Å². The summed E-state index contributed by atoms with van der Waals surface area (Å²) in [5, 5.41) is 1.96. The Balaban J connectivity index is 1.79. The third-order valence-electron chi connectivity index (χ3n) is 4.28. The molecular formula is C16H22N4S. The number of fused-ring (bicyclic) bond motifs is 1. The van der Waals surface area contributed by atoms with Gasteiger partial charge >= 0.3 is 0 Å². The number of thioether (sulfide) groups is 1. The van der Waals surface area contributed by atoms with Gasteiger partial charge in [0.25, 0.3) is 0 Å². The highest BCUT2D eigenvalue weighted by atomic mass is 32.2. The highest BCUT2D eigenvalue weighted by Crippen LogP contribution is 2.25. The molecule has 0 atom stereocenters. The van der Waals surface area contributed by atoms with Crippen LogP contribution in [0.1, 0.15) is 12.8 Å². The van der Waals surface area contributed by atoms with E-state index < -0.39 is 0 Å². The molecule has 0 amide bonds. The van der Waals surface area contributed by atoms with Crippen molar-refractivity contribution in [3.05, 3.63) is 24.4 Å². The van der Waals surface area contributed by atoms with Gasteiger partial charge in [-0.1, -0.05) is 11.8 Å². The number of nitrogens with zero attached hydrogens (tertiary/aromatic N) is 4. The van der Waals surface area contributed by atoms with E-state index >= 15 is 0 Å². The van der Waals surface area contributed by atoms with Crippen LogP contribution in [0.15, 0.2) is 29.6 Å². The van der Waals surface area contributed by atoms with Crippen LogP contribution in [0.2, 0.25) is 0 Å². The third kappa shape index (κ3) is 3.14. The Kier molecular flexibility index (Phi) is 4.31. The summed E-state index contributed by atoms with van der Waals surface area (Å²) < 4.78 is 0. The molecule has 0 N–H and O–H groups in total. The van der Waals surface area contributed by atoms with Crippen molar-refractivity contribution in [2.45, 2.75) is 24.0 Å². The Hall–Kier alpha value is -1.33. The molecule has 1 fully saturated rings. The molecule has 0 aliphatic carbocycles. The zero-order valence-electron chi connectivity index (χ0n) is 12.9. The molecular weight excluding hydrogens is 280 g/mol. The zero-order chi connectivity index (χ0) is 14.8. The van der Waals surface area contributed by atoms with Crippen molar-refractivity contribution in [1.29, 1.82) is 0 Å². The zero-order valence-corrected chi connectivity index (χ0v) is 13.7. The third-order valence-corrected chi connectivity index (χ3v) is 4.85. The Morgan fingerprint density at radius 1 is 1.24 bits per heavy atom. The number of piperidine rings is 1. The number of hydrogen-bond acceptors (Lipinski definition) is 5. The molecule has 0 radical (unpaired) electrons. The first-order chi connectivity index (χ1) is 10.2. The minimum absolute atomic E-state index is 0.717. The molecule has 0 unspecified atom stereocenters. The molecule has 1 aromatic carbocycles. The molecule has 1 aliphatic rings. The summed E-state index contributed by atoms with van der Waals surface area (Å²) in [7, 11) is 4.36. The highest BCUT2D eigenvalue weighted by molar-refractivity contribution is 7.98. The van der Waals surface area contributed by atoms with Gasteiger partial charge in [0.2, 0.25) is 0 Å². The smallest absolute Gasteiger partial charge is 0.187 e. The van der Waals surface area contributed by atoms with Crippen molar-refractivity contribution in [1.82, 2.24) is 14.9 Å². The predicted octanol–water partition coefficient (Wildman–Crippen LogP) is 2.88. The van der Waals surface area contributed by atoms with Crippen LogP contribution in [0.3, 0.4) is 0 Å². The first-order valence-corrected chi connectivity index (χ1v) is 8.62. The fourth-order valence-electron chi connectivity index (χ4n) is 2.94. The van der Waals surface area contributed by atoms with Crippen LogP contribution in [-0.4, -0.2) is 54.4 Å². The molecule has 4 nitrogen and oxygen atoms in total. The fraction of sp³-hybridized carbons (Fsp3) is 0.500. The molecule has 3 rings (SSSR count). The summed E-state index contributed by atoms with van der Waals surface area (Å²) in [5.41, 5.74) is 2.32. The van der Waals surface area contributed by atoms with Crippen LogP contribution in [0.5, 0.6) is 0 Å². The lowest BCUT2D eigenvalue weighted by Gasteiger charge is -2.36. The number of benzene rings is 1. The molecule has 0 saturated carbocycles. The van der Waals surface area contributed by atoms with E-state index in [2.05, 4.69) is 52.1 Å². The number of aromatic nitrogens is 2. The van der Waals surface area contributed by atoms with Crippen molar-refractivity contribution in [2.24, 2.45) is 0 Å². The number of hydrogen-bond donors (Lipinski definition) is 0. The maximum Gasteiger partial charge on any atom is 0.187 e. The van der Waals surface area contributed by atoms with Crippen molar-refractivity contribution >= 4 is 28.4 Å². The second kappa shape index (κ2) is 6.20. The summed E-state index contributed by atoms with van der Waals surface area (Å²) in [6.07, 6.45) is 6.40. The SMILES string of the molecule is CSc1ncc2cc(N3CCC(N(C)C)CC3)ccc2n1. The summed E-state index contributed by atoms with van der Waals surface area (Å²) in [6, 6.07) is 7.24. The lowest BCUT2D eigenvalue weighted by Crippen LogP contribution is -2.41. The van der Waals surface area contributed by atoms with E-state index in [0.717, 1.165) is 29.1 Å². The Bertz CT molecular complexity index is 621. The van der Waals surface area contributed by atoms with Gasteiger partial charge in [-0.05, 0) is 51.4 Å². The van der Waals surface area contributed by atoms with Crippen LogP contribution in [-0.2, 0) is 0 Å². The highest BCUT2D eigenvalue weighted by Gasteiger charge is 2.20. The molecule has 21 heavy (non-hydrogen) atoms. The number of rotatable bonds is 3. The van der Waals surface area contributed by atoms with Crippen LogP contribution < -0.4 is 4.90 Å². The first kappa shape index (κ1) is 14.6. The molecule has 2 heterocycles. The van der Waals surface area contributed by atoms with Gasteiger partial charge in [-0.2, -0.15) is 0 Å². The summed E-state index contributed by atoms with van der Waals surface area (Å²) in [5.74, 6) is 0. The topological polar surface area (TPSA) is 32.3 Å². The summed E-state index contributed by atoms with van der Waals surface area (Å²) in [6.45, 7) is 2.25. The van der Waals surface area contributed by atoms with Crippen LogP contribution in [0.25, 0.3) is 10.9 Å². The van der Waals surface area contributed by atoms with E-state index in [0.29, 0.717) is 6.04 Å². The van der Waals surface area contributed by atoms with E-state index in [1.807, 2.05) is 12.5 Å². The predicted molar refractivity (Wildman–Crippen MR) is 90.2 cm³/mol. The van der Waals surface area contributed by atoms with Crippen molar-refractivity contribution < 1.29 is 0 Å². The average molecular weight is 302 g/mol. The summed E-state index contributed by atoms with van der Waals surface area (Å²) in [4.78, 5) is 13.7. The van der Waals surface area contributed by atoms with Crippen LogP contribution in [0, 0.1) is 0 Å². The summed E-state index contributed by atoms with van der Waals surface area (Å²) >= 11 is 1.58. The second-order valence-corrected chi connectivity index (χ2v) is 6.56. The largest absolute Gasteiger partial charge is 0.371 e. The van der Waals surface area contributed by atoms with Gasteiger partial charge in [0.05, 0.1) is 5.52 Å². The van der Waals surface area contributed by atoms with E-state index in [1.54, 1.807) is 11.8 Å². The van der Waals surface area contributed by atoms with Gasteiger partial charge in [0.15, 0.2) is 5.16 Å². The number of anilines is 1. The minimum atomic E-state index is 0.717. The van der Waals surface area contributed by atoms with Gasteiger partial charge in [0.1, 0.15) is 0 Å².